The molecule has 0 spiro atoms. The van der Waals surface area contributed by atoms with Crippen LogP contribution in [0.4, 0.5) is 10.1 Å². The van der Waals surface area contributed by atoms with E-state index in [1.807, 2.05) is 0 Å². The molecule has 1 atom stereocenters. The third kappa shape index (κ3) is 3.46. The quantitative estimate of drug-likeness (QED) is 0.717. The Bertz CT molecular complexity index is 1150. The number of aromatic nitrogens is 2. The first-order chi connectivity index (χ1) is 14.1. The van der Waals surface area contributed by atoms with Crippen LogP contribution in [0.2, 0.25) is 0 Å². The van der Waals surface area contributed by atoms with Crippen LogP contribution >= 0.6 is 0 Å². The van der Waals surface area contributed by atoms with Crippen molar-refractivity contribution >= 4 is 17.5 Å². The van der Waals surface area contributed by atoms with Crippen molar-refractivity contribution in [3.8, 4) is 17.5 Å². The van der Waals surface area contributed by atoms with Crippen LogP contribution in [0.5, 0.6) is 0 Å². The molecular formula is C21H16FN5O2. The summed E-state index contributed by atoms with van der Waals surface area (Å²) in [7, 11) is 0. The topological polar surface area (TPSA) is 99.8 Å². The summed E-state index contributed by atoms with van der Waals surface area (Å²) in [4.78, 5) is 29.1. The Hall–Kier alpha value is -3.99. The van der Waals surface area contributed by atoms with Crippen LogP contribution in [-0.2, 0) is 4.79 Å². The number of carbonyl (C=O) groups is 2. The van der Waals surface area contributed by atoms with Crippen molar-refractivity contribution in [2.45, 2.75) is 12.5 Å². The zero-order valence-electron chi connectivity index (χ0n) is 15.2. The largest absolute Gasteiger partial charge is 0.349 e. The van der Waals surface area contributed by atoms with Crippen LogP contribution < -0.4 is 10.6 Å². The van der Waals surface area contributed by atoms with Gasteiger partial charge in [0.25, 0.3) is 5.91 Å². The van der Waals surface area contributed by atoms with Gasteiger partial charge in [-0.05, 0) is 24.3 Å². The maximum absolute atomic E-state index is 13.8. The highest BCUT2D eigenvalue weighted by molar-refractivity contribution is 5.95. The lowest BCUT2D eigenvalue weighted by molar-refractivity contribution is -0.117. The van der Waals surface area contributed by atoms with Gasteiger partial charge >= 0.3 is 0 Å². The second-order valence-electron chi connectivity index (χ2n) is 6.59. The van der Waals surface area contributed by atoms with Crippen molar-refractivity contribution in [1.82, 2.24) is 14.9 Å². The number of imidazole rings is 1. The molecule has 2 N–H and O–H groups in total. The molecule has 0 saturated heterocycles. The van der Waals surface area contributed by atoms with E-state index in [4.69, 9.17) is 0 Å². The van der Waals surface area contributed by atoms with E-state index in [2.05, 4.69) is 21.7 Å². The minimum absolute atomic E-state index is 0.000303. The summed E-state index contributed by atoms with van der Waals surface area (Å²) in [5.74, 6) is -0.778. The Morgan fingerprint density at radius 1 is 1.28 bits per heavy atom. The summed E-state index contributed by atoms with van der Waals surface area (Å²) < 4.78 is 15.5. The van der Waals surface area contributed by atoms with Crippen LogP contribution in [-0.4, -0.2) is 27.9 Å². The fraction of sp³-hybridized carbons (Fsp3) is 0.143. The molecule has 0 saturated carbocycles. The number of carbonyl (C=O) groups excluding carboxylic acids is 2. The average Bonchev–Trinajstić information content (AvgIpc) is 3.18. The number of amides is 2. The number of nitrogens with zero attached hydrogens (tertiary/aromatic N) is 3. The summed E-state index contributed by atoms with van der Waals surface area (Å²) in [5.41, 5.74) is 1.40. The van der Waals surface area contributed by atoms with Crippen LogP contribution in [0, 0.1) is 17.1 Å². The summed E-state index contributed by atoms with van der Waals surface area (Å²) in [5, 5.41) is 14.7. The Morgan fingerprint density at radius 3 is 2.83 bits per heavy atom. The normalized spacial score (nSPS) is 15.2. The molecule has 0 fully saturated rings. The number of fused-ring (bicyclic) bond motifs is 1. The Kier molecular flexibility index (Phi) is 4.79. The summed E-state index contributed by atoms with van der Waals surface area (Å²) in [6.07, 6.45) is 1.43. The predicted octanol–water partition coefficient (Wildman–Crippen LogP) is 2.87. The van der Waals surface area contributed by atoms with Gasteiger partial charge in [0.1, 0.15) is 17.3 Å². The van der Waals surface area contributed by atoms with Gasteiger partial charge in [0.05, 0.1) is 29.6 Å². The Morgan fingerprint density at radius 2 is 2.03 bits per heavy atom. The van der Waals surface area contributed by atoms with Gasteiger partial charge in [0.15, 0.2) is 0 Å². The molecular weight excluding hydrogens is 373 g/mol. The van der Waals surface area contributed by atoms with E-state index in [9.17, 15) is 19.2 Å². The molecule has 2 aromatic carbocycles. The maximum atomic E-state index is 13.8. The molecule has 7 nitrogen and oxygen atoms in total. The number of benzene rings is 2. The summed E-state index contributed by atoms with van der Waals surface area (Å²) in [6.45, 7) is 0.217. The summed E-state index contributed by atoms with van der Waals surface area (Å²) >= 11 is 0. The Balaban J connectivity index is 1.67. The van der Waals surface area contributed by atoms with Gasteiger partial charge < -0.3 is 15.2 Å². The molecule has 1 aromatic heterocycles. The monoisotopic (exact) mass is 389 g/mol. The first kappa shape index (κ1) is 18.4. The highest BCUT2D eigenvalue weighted by Crippen LogP contribution is 2.30. The third-order valence-electron chi connectivity index (χ3n) is 4.75. The lowest BCUT2D eigenvalue weighted by atomic mass is 10.1. The van der Waals surface area contributed by atoms with Crippen molar-refractivity contribution in [2.75, 3.05) is 11.9 Å². The van der Waals surface area contributed by atoms with E-state index in [1.54, 1.807) is 41.0 Å². The molecule has 0 radical (unpaired) electrons. The molecule has 1 aliphatic rings. The molecule has 0 bridgehead atoms. The van der Waals surface area contributed by atoms with Crippen molar-refractivity contribution in [1.29, 1.82) is 5.26 Å². The molecule has 0 aliphatic carbocycles. The van der Waals surface area contributed by atoms with E-state index in [0.717, 1.165) is 0 Å². The highest BCUT2D eigenvalue weighted by atomic mass is 19.1. The third-order valence-corrected chi connectivity index (χ3v) is 4.75. The first-order valence-electron chi connectivity index (χ1n) is 8.98. The zero-order chi connectivity index (χ0) is 20.4. The van der Waals surface area contributed by atoms with Gasteiger partial charge in [-0.1, -0.05) is 24.3 Å². The van der Waals surface area contributed by atoms with E-state index in [1.165, 1.54) is 18.3 Å². The van der Waals surface area contributed by atoms with Gasteiger partial charge in [-0.15, -0.1) is 0 Å². The smallest absolute Gasteiger partial charge is 0.269 e. The average molecular weight is 389 g/mol. The van der Waals surface area contributed by atoms with E-state index in [-0.39, 0.29) is 24.6 Å². The van der Waals surface area contributed by atoms with E-state index in [0.29, 0.717) is 22.6 Å². The van der Waals surface area contributed by atoms with Crippen molar-refractivity contribution in [2.24, 2.45) is 0 Å². The molecule has 8 heteroatoms. The molecule has 4 rings (SSSR count). The van der Waals surface area contributed by atoms with Crippen LogP contribution in [0.15, 0.2) is 54.7 Å². The number of rotatable bonds is 4. The van der Waals surface area contributed by atoms with Gasteiger partial charge in [-0.25, -0.2) is 9.37 Å². The van der Waals surface area contributed by atoms with Crippen molar-refractivity contribution in [3.05, 3.63) is 71.8 Å². The van der Waals surface area contributed by atoms with Crippen LogP contribution in [0.3, 0.4) is 0 Å². The molecule has 1 aliphatic heterocycles. The molecule has 3 aromatic rings. The maximum Gasteiger partial charge on any atom is 0.269 e. The number of anilines is 1. The van der Waals surface area contributed by atoms with Gasteiger partial charge in [-0.3, -0.25) is 9.59 Å². The number of nitriles is 1. The van der Waals surface area contributed by atoms with E-state index >= 15 is 0 Å². The van der Waals surface area contributed by atoms with Gasteiger partial charge in [-0.2, -0.15) is 5.26 Å². The number of hydrogen-bond donors (Lipinski definition) is 2. The van der Waals surface area contributed by atoms with Gasteiger partial charge in [0, 0.05) is 18.5 Å². The number of hydrogen-bond acceptors (Lipinski definition) is 4. The SMILES string of the molecule is N#Cc1ccccc1-c1ncc2n1C(CC(=O)Nc1ccccc1F)CNC2=O. The first-order valence-corrected chi connectivity index (χ1v) is 8.98. The molecule has 2 heterocycles. The van der Waals surface area contributed by atoms with Crippen molar-refractivity contribution in [3.63, 3.8) is 0 Å². The lowest BCUT2D eigenvalue weighted by Gasteiger charge is -2.27. The molecule has 29 heavy (non-hydrogen) atoms. The lowest BCUT2D eigenvalue weighted by Crippen LogP contribution is -2.40. The van der Waals surface area contributed by atoms with Crippen LogP contribution in [0.1, 0.15) is 28.5 Å². The molecule has 144 valence electrons. The minimum atomic E-state index is -0.523. The second kappa shape index (κ2) is 7.56. The molecule has 2 amide bonds. The predicted molar refractivity (Wildman–Crippen MR) is 103 cm³/mol. The molecule has 1 unspecified atom stereocenters. The standard InChI is InChI=1S/C21H16FN5O2/c22-16-7-3-4-8-17(16)26-19(28)9-14-11-25-21(29)18-12-24-20(27(14)18)15-6-2-1-5-13(15)10-23/h1-8,12,14H,9,11H2,(H,25,29)(H,26,28). The van der Waals surface area contributed by atoms with Crippen molar-refractivity contribution < 1.29 is 14.0 Å². The Labute approximate surface area is 165 Å². The second-order valence-corrected chi connectivity index (χ2v) is 6.59. The zero-order valence-corrected chi connectivity index (χ0v) is 15.2. The highest BCUT2D eigenvalue weighted by Gasteiger charge is 2.30. The van der Waals surface area contributed by atoms with Gasteiger partial charge in [0.2, 0.25) is 5.91 Å². The van der Waals surface area contributed by atoms with Crippen LogP contribution in [0.25, 0.3) is 11.4 Å². The minimum Gasteiger partial charge on any atom is -0.349 e. The fourth-order valence-corrected chi connectivity index (χ4v) is 3.41. The van der Waals surface area contributed by atoms with E-state index < -0.39 is 17.8 Å². The fourth-order valence-electron chi connectivity index (χ4n) is 3.41. The number of nitrogens with one attached hydrogen (secondary N) is 2. The number of halogens is 1. The number of para-hydroxylation sites is 1. The summed E-state index contributed by atoms with van der Waals surface area (Å²) in [6, 6.07) is 14.5.